The lowest BCUT2D eigenvalue weighted by atomic mass is 10.2. The number of aromatic nitrogens is 2. The van der Waals surface area contributed by atoms with Gasteiger partial charge in [-0.3, -0.25) is 18.7 Å². The third-order valence-electron chi connectivity index (χ3n) is 3.37. The van der Waals surface area contributed by atoms with Gasteiger partial charge < -0.3 is 5.11 Å². The maximum Gasteiger partial charge on any atom is 0.331 e. The molecule has 21 heavy (non-hydrogen) atoms. The van der Waals surface area contributed by atoms with Gasteiger partial charge in [-0.2, -0.15) is 0 Å². The Kier molecular flexibility index (Phi) is 4.95. The van der Waals surface area contributed by atoms with Crippen molar-refractivity contribution >= 4 is 27.5 Å². The van der Waals surface area contributed by atoms with Crippen molar-refractivity contribution in [2.75, 3.05) is 0 Å². The molecule has 114 valence electrons. The van der Waals surface area contributed by atoms with Gasteiger partial charge in [-0.1, -0.05) is 19.8 Å². The predicted molar refractivity (Wildman–Crippen MR) is 82.1 cm³/mol. The van der Waals surface area contributed by atoms with Gasteiger partial charge in [0.05, 0.1) is 11.9 Å². The predicted octanol–water partition coefficient (Wildman–Crippen LogP) is 1.89. The van der Waals surface area contributed by atoms with E-state index in [-0.39, 0.29) is 18.5 Å². The zero-order chi connectivity index (χ0) is 15.4. The minimum absolute atomic E-state index is 0.0788. The number of rotatable bonds is 7. The Morgan fingerprint density at radius 2 is 2.00 bits per heavy atom. The molecule has 0 aliphatic heterocycles. The van der Waals surface area contributed by atoms with Crippen LogP contribution < -0.4 is 11.2 Å². The van der Waals surface area contributed by atoms with Gasteiger partial charge in [-0.15, -0.1) is 11.3 Å². The van der Waals surface area contributed by atoms with Crippen LogP contribution in [0.25, 0.3) is 10.2 Å². The molecule has 1 N–H and O–H groups in total. The zero-order valence-corrected chi connectivity index (χ0v) is 12.7. The molecular weight excluding hydrogens is 292 g/mol. The second kappa shape index (κ2) is 6.71. The van der Waals surface area contributed by atoms with Crippen molar-refractivity contribution in [2.24, 2.45) is 0 Å². The smallest absolute Gasteiger partial charge is 0.331 e. The van der Waals surface area contributed by atoms with Gasteiger partial charge in [0.2, 0.25) is 0 Å². The summed E-state index contributed by atoms with van der Waals surface area (Å²) in [6, 6.07) is 1.70. The molecule has 0 fully saturated rings. The van der Waals surface area contributed by atoms with Crippen molar-refractivity contribution in [1.82, 2.24) is 9.13 Å². The van der Waals surface area contributed by atoms with Crippen molar-refractivity contribution in [3.05, 3.63) is 32.3 Å². The van der Waals surface area contributed by atoms with Crippen LogP contribution in [-0.4, -0.2) is 20.2 Å². The Bertz CT molecular complexity index is 756. The second-order valence-electron chi connectivity index (χ2n) is 4.88. The Balaban J connectivity index is 2.50. The van der Waals surface area contributed by atoms with E-state index in [2.05, 4.69) is 6.92 Å². The minimum Gasteiger partial charge on any atom is -0.481 e. The number of carboxylic acids is 1. The molecule has 7 heteroatoms. The fourth-order valence-corrected chi connectivity index (χ4v) is 3.12. The van der Waals surface area contributed by atoms with E-state index in [1.807, 2.05) is 0 Å². The van der Waals surface area contributed by atoms with Crippen LogP contribution in [0.2, 0.25) is 0 Å². The maximum atomic E-state index is 12.4. The molecule has 0 spiro atoms. The molecule has 0 aliphatic rings. The summed E-state index contributed by atoms with van der Waals surface area (Å²) in [5.41, 5.74) is -0.154. The fourth-order valence-electron chi connectivity index (χ4n) is 2.27. The van der Waals surface area contributed by atoms with Gasteiger partial charge in [0.15, 0.2) is 0 Å². The van der Waals surface area contributed by atoms with Gasteiger partial charge in [-0.05, 0) is 17.9 Å². The number of aliphatic carboxylic acids is 1. The number of nitrogens with zero attached hydrogens (tertiary/aromatic N) is 2. The number of carboxylic acid groups (broad SMARTS) is 1. The van der Waals surface area contributed by atoms with Crippen molar-refractivity contribution in [2.45, 2.75) is 45.7 Å². The maximum absolute atomic E-state index is 12.4. The third-order valence-corrected chi connectivity index (χ3v) is 4.26. The lowest BCUT2D eigenvalue weighted by Crippen LogP contribution is -2.40. The quantitative estimate of drug-likeness (QED) is 0.792. The first-order chi connectivity index (χ1) is 10.1. The molecule has 2 heterocycles. The Hall–Kier alpha value is -1.89. The van der Waals surface area contributed by atoms with Crippen LogP contribution in [0.15, 0.2) is 21.0 Å². The van der Waals surface area contributed by atoms with E-state index in [9.17, 15) is 14.4 Å². The van der Waals surface area contributed by atoms with Crippen LogP contribution in [0.5, 0.6) is 0 Å². The lowest BCUT2D eigenvalue weighted by Gasteiger charge is -2.11. The number of hydrogen-bond acceptors (Lipinski definition) is 4. The molecule has 0 unspecified atom stereocenters. The van der Waals surface area contributed by atoms with Crippen molar-refractivity contribution in [1.29, 1.82) is 0 Å². The standard InChI is InChI=1S/C14H18N2O4S/c1-2-3-4-7-16-13(19)12-10(6-9-21-12)15(14(16)20)8-5-11(17)18/h6,9H,2-5,7-8H2,1H3,(H,17,18). The van der Waals surface area contributed by atoms with E-state index >= 15 is 0 Å². The highest BCUT2D eigenvalue weighted by molar-refractivity contribution is 7.17. The molecule has 0 atom stereocenters. The van der Waals surface area contributed by atoms with E-state index < -0.39 is 11.7 Å². The summed E-state index contributed by atoms with van der Waals surface area (Å²) in [5, 5.41) is 10.6. The van der Waals surface area contributed by atoms with Crippen LogP contribution in [0.1, 0.15) is 32.6 Å². The van der Waals surface area contributed by atoms with Gasteiger partial charge >= 0.3 is 11.7 Å². The zero-order valence-electron chi connectivity index (χ0n) is 11.9. The lowest BCUT2D eigenvalue weighted by molar-refractivity contribution is -0.137. The number of fused-ring (bicyclic) bond motifs is 1. The average Bonchev–Trinajstić information content (AvgIpc) is 2.91. The summed E-state index contributed by atoms with van der Waals surface area (Å²) in [5.74, 6) is -0.964. The van der Waals surface area contributed by atoms with Gasteiger partial charge in [0, 0.05) is 13.1 Å². The summed E-state index contributed by atoms with van der Waals surface area (Å²) in [4.78, 5) is 35.5. The average molecular weight is 310 g/mol. The fraction of sp³-hybridized carbons (Fsp3) is 0.500. The first kappa shape index (κ1) is 15.5. The molecule has 2 rings (SSSR count). The molecule has 0 saturated carbocycles. The molecule has 0 aromatic carbocycles. The van der Waals surface area contributed by atoms with E-state index in [0.717, 1.165) is 19.3 Å². The van der Waals surface area contributed by atoms with Crippen LogP contribution in [-0.2, 0) is 17.9 Å². The summed E-state index contributed by atoms with van der Waals surface area (Å²) in [6.45, 7) is 2.51. The highest BCUT2D eigenvalue weighted by Gasteiger charge is 2.14. The Morgan fingerprint density at radius 3 is 2.67 bits per heavy atom. The van der Waals surface area contributed by atoms with Gasteiger partial charge in [0.1, 0.15) is 4.70 Å². The summed E-state index contributed by atoms with van der Waals surface area (Å²) in [7, 11) is 0. The molecule has 6 nitrogen and oxygen atoms in total. The molecule has 2 aromatic heterocycles. The van der Waals surface area contributed by atoms with Gasteiger partial charge in [-0.25, -0.2) is 4.79 Å². The summed E-state index contributed by atoms with van der Waals surface area (Å²) >= 11 is 1.28. The first-order valence-electron chi connectivity index (χ1n) is 6.99. The van der Waals surface area contributed by atoms with E-state index in [1.165, 1.54) is 20.5 Å². The Morgan fingerprint density at radius 1 is 1.24 bits per heavy atom. The summed E-state index contributed by atoms with van der Waals surface area (Å²) in [6.07, 6.45) is 2.58. The molecule has 2 aromatic rings. The van der Waals surface area contributed by atoms with Crippen molar-refractivity contribution < 1.29 is 9.90 Å². The molecule has 0 amide bonds. The highest BCUT2D eigenvalue weighted by Crippen LogP contribution is 2.15. The van der Waals surface area contributed by atoms with Gasteiger partial charge in [0.25, 0.3) is 5.56 Å². The van der Waals surface area contributed by atoms with E-state index in [1.54, 1.807) is 11.4 Å². The molecule has 0 saturated heterocycles. The van der Waals surface area contributed by atoms with Crippen LogP contribution in [0.4, 0.5) is 0 Å². The normalized spacial score (nSPS) is 11.1. The summed E-state index contributed by atoms with van der Waals surface area (Å²) < 4.78 is 3.14. The number of thiophene rings is 1. The number of aryl methyl sites for hydroxylation is 1. The topological polar surface area (TPSA) is 81.3 Å². The number of unbranched alkanes of at least 4 members (excludes halogenated alkanes) is 2. The number of carbonyl (C=O) groups is 1. The van der Waals surface area contributed by atoms with Crippen LogP contribution >= 0.6 is 11.3 Å². The molecule has 0 bridgehead atoms. The molecular formula is C14H18N2O4S. The highest BCUT2D eigenvalue weighted by atomic mass is 32.1. The van der Waals surface area contributed by atoms with E-state index in [0.29, 0.717) is 16.8 Å². The first-order valence-corrected chi connectivity index (χ1v) is 7.87. The molecule has 0 aliphatic carbocycles. The third kappa shape index (κ3) is 3.24. The largest absolute Gasteiger partial charge is 0.481 e. The minimum atomic E-state index is -0.964. The van der Waals surface area contributed by atoms with Crippen LogP contribution in [0.3, 0.4) is 0 Å². The Labute approximate surface area is 125 Å². The SMILES string of the molecule is CCCCCn1c(=O)c2sccc2n(CCC(=O)O)c1=O. The second-order valence-corrected chi connectivity index (χ2v) is 5.79. The van der Waals surface area contributed by atoms with Crippen LogP contribution in [0, 0.1) is 0 Å². The van der Waals surface area contributed by atoms with Crippen molar-refractivity contribution in [3.63, 3.8) is 0 Å². The monoisotopic (exact) mass is 310 g/mol. The van der Waals surface area contributed by atoms with Crippen molar-refractivity contribution in [3.8, 4) is 0 Å². The molecule has 0 radical (unpaired) electrons. The van der Waals surface area contributed by atoms with E-state index in [4.69, 9.17) is 5.11 Å². The number of hydrogen-bond donors (Lipinski definition) is 1.